The number of carbonyl (C=O) groups excluding carboxylic acids is 1. The Labute approximate surface area is 227 Å². The number of hydrogen-bond donors (Lipinski definition) is 7. The average Bonchev–Trinajstić information content (AvgIpc) is 3.11. The SMILES string of the molecule is CC(C)(C)C(=O)NCc1ccc(CNc2c(Cl)ccc3c2CCNCC3)cc1.O=C(O)C(O)C(O)C(=O)O. The van der Waals surface area contributed by atoms with E-state index in [9.17, 15) is 14.4 Å². The van der Waals surface area contributed by atoms with Gasteiger partial charge >= 0.3 is 11.9 Å². The predicted molar refractivity (Wildman–Crippen MR) is 144 cm³/mol. The lowest BCUT2D eigenvalue weighted by Crippen LogP contribution is -2.39. The zero-order valence-electron chi connectivity index (χ0n) is 21.8. The number of hydrogen-bond acceptors (Lipinski definition) is 7. The Balaban J connectivity index is 0.000000432. The molecule has 2 unspecified atom stereocenters. The zero-order chi connectivity index (χ0) is 28.5. The Morgan fingerprint density at radius 1 is 0.895 bits per heavy atom. The summed E-state index contributed by atoms with van der Waals surface area (Å²) in [6.07, 6.45) is -2.50. The number of carboxylic acids is 2. The van der Waals surface area contributed by atoms with E-state index in [0.717, 1.165) is 48.7 Å². The van der Waals surface area contributed by atoms with Crippen LogP contribution in [0.4, 0.5) is 5.69 Å². The number of carbonyl (C=O) groups is 3. The van der Waals surface area contributed by atoms with Crippen molar-refractivity contribution in [1.82, 2.24) is 10.6 Å². The number of nitrogens with one attached hydrogen (secondary N) is 3. The second kappa shape index (κ2) is 14.1. The van der Waals surface area contributed by atoms with E-state index in [1.54, 1.807) is 0 Å². The van der Waals surface area contributed by atoms with Crippen LogP contribution in [0.5, 0.6) is 0 Å². The Morgan fingerprint density at radius 2 is 1.42 bits per heavy atom. The number of halogens is 1. The summed E-state index contributed by atoms with van der Waals surface area (Å²) in [7, 11) is 0. The number of benzene rings is 2. The van der Waals surface area contributed by atoms with Gasteiger partial charge in [-0.3, -0.25) is 4.79 Å². The summed E-state index contributed by atoms with van der Waals surface area (Å²) < 4.78 is 0. The Kier molecular flexibility index (Phi) is 11.5. The molecule has 0 saturated carbocycles. The third-order valence-electron chi connectivity index (χ3n) is 5.91. The molecule has 2 aromatic rings. The molecule has 0 fully saturated rings. The predicted octanol–water partition coefficient (Wildman–Crippen LogP) is 2.18. The highest BCUT2D eigenvalue weighted by atomic mass is 35.5. The average molecular weight is 550 g/mol. The van der Waals surface area contributed by atoms with E-state index in [1.165, 1.54) is 16.7 Å². The van der Waals surface area contributed by atoms with E-state index < -0.39 is 24.1 Å². The maximum absolute atomic E-state index is 12.0. The van der Waals surface area contributed by atoms with Crippen LogP contribution in [0.25, 0.3) is 0 Å². The summed E-state index contributed by atoms with van der Waals surface area (Å²) in [5.41, 5.74) is 5.68. The van der Waals surface area contributed by atoms with Crippen molar-refractivity contribution in [3.05, 3.63) is 63.7 Å². The molecule has 0 aliphatic carbocycles. The zero-order valence-corrected chi connectivity index (χ0v) is 22.5. The van der Waals surface area contributed by atoms with Gasteiger partial charge in [-0.15, -0.1) is 0 Å². The van der Waals surface area contributed by atoms with Gasteiger partial charge in [0.15, 0.2) is 12.2 Å². The van der Waals surface area contributed by atoms with Crippen molar-refractivity contribution in [3.8, 4) is 0 Å². The maximum atomic E-state index is 12.0. The number of aliphatic carboxylic acids is 2. The highest BCUT2D eigenvalue weighted by Crippen LogP contribution is 2.31. The molecule has 0 aromatic heterocycles. The number of carboxylic acid groups (broad SMARTS) is 2. The molecule has 2 atom stereocenters. The summed E-state index contributed by atoms with van der Waals surface area (Å²) in [6.45, 7) is 9.03. The van der Waals surface area contributed by atoms with Crippen molar-refractivity contribution in [2.45, 2.75) is 58.9 Å². The second-order valence-electron chi connectivity index (χ2n) is 9.98. The molecule has 1 aliphatic rings. The van der Waals surface area contributed by atoms with Gasteiger partial charge in [-0.25, -0.2) is 9.59 Å². The van der Waals surface area contributed by atoms with Crippen molar-refractivity contribution >= 4 is 35.1 Å². The summed E-state index contributed by atoms with van der Waals surface area (Å²) in [6, 6.07) is 12.5. The molecule has 0 spiro atoms. The normalized spacial score (nSPS) is 14.6. The fourth-order valence-corrected chi connectivity index (χ4v) is 3.86. The number of amides is 1. The van der Waals surface area contributed by atoms with Crippen LogP contribution < -0.4 is 16.0 Å². The van der Waals surface area contributed by atoms with E-state index in [0.29, 0.717) is 6.54 Å². The molecule has 3 rings (SSSR count). The van der Waals surface area contributed by atoms with Crippen LogP contribution in [0, 0.1) is 5.41 Å². The first-order valence-corrected chi connectivity index (χ1v) is 12.6. The van der Waals surface area contributed by atoms with Crippen LogP contribution >= 0.6 is 11.6 Å². The van der Waals surface area contributed by atoms with Crippen LogP contribution in [0.1, 0.15) is 43.0 Å². The quantitative estimate of drug-likeness (QED) is 0.261. The first kappa shape index (κ1) is 31.0. The van der Waals surface area contributed by atoms with Gasteiger partial charge in [-0.2, -0.15) is 0 Å². The standard InChI is InChI=1S/C23H30ClN3O.C4H6O6/c1-23(2,3)22(28)27-15-17-6-4-16(5-7-17)14-26-21-19-11-13-25-12-10-18(19)8-9-20(21)24;5-1(3(7)8)2(6)4(9)10/h4-9,25-26H,10-15H2,1-3H3,(H,27,28);1-2,5-6H,(H,7,8)(H,9,10). The topological polar surface area (TPSA) is 168 Å². The van der Waals surface area contributed by atoms with Crippen LogP contribution in [-0.2, 0) is 40.3 Å². The van der Waals surface area contributed by atoms with Crippen molar-refractivity contribution in [3.63, 3.8) is 0 Å². The van der Waals surface area contributed by atoms with Gasteiger partial charge < -0.3 is 36.4 Å². The fraction of sp³-hybridized carbons (Fsp3) is 0.444. The second-order valence-corrected chi connectivity index (χ2v) is 10.4. The summed E-state index contributed by atoms with van der Waals surface area (Å²) in [5, 5.41) is 43.3. The van der Waals surface area contributed by atoms with Crippen LogP contribution in [0.2, 0.25) is 5.02 Å². The minimum Gasteiger partial charge on any atom is -0.479 e. The molecule has 208 valence electrons. The lowest BCUT2D eigenvalue weighted by Gasteiger charge is -2.18. The largest absolute Gasteiger partial charge is 0.479 e. The Bertz CT molecular complexity index is 1100. The van der Waals surface area contributed by atoms with Gasteiger partial charge in [0, 0.05) is 18.5 Å². The fourth-order valence-electron chi connectivity index (χ4n) is 3.62. The first-order valence-electron chi connectivity index (χ1n) is 12.2. The molecule has 38 heavy (non-hydrogen) atoms. The minimum atomic E-state index is -2.27. The monoisotopic (exact) mass is 549 g/mol. The summed E-state index contributed by atoms with van der Waals surface area (Å²) in [4.78, 5) is 31.5. The van der Waals surface area contributed by atoms with Gasteiger partial charge in [-0.05, 0) is 54.3 Å². The lowest BCUT2D eigenvalue weighted by atomic mass is 9.95. The molecule has 1 aliphatic heterocycles. The van der Waals surface area contributed by atoms with Gasteiger partial charge in [0.25, 0.3) is 0 Å². The molecule has 0 radical (unpaired) electrons. The molecule has 0 saturated heterocycles. The van der Waals surface area contributed by atoms with E-state index in [2.05, 4.69) is 46.3 Å². The molecule has 0 bridgehead atoms. The number of fused-ring (bicyclic) bond motifs is 1. The molecule has 2 aromatic carbocycles. The van der Waals surface area contributed by atoms with E-state index >= 15 is 0 Å². The molecule has 10 nitrogen and oxygen atoms in total. The van der Waals surface area contributed by atoms with Crippen molar-refractivity contribution in [1.29, 1.82) is 0 Å². The van der Waals surface area contributed by atoms with Gasteiger partial charge in [0.2, 0.25) is 5.91 Å². The molecule has 11 heteroatoms. The Morgan fingerprint density at radius 3 is 1.95 bits per heavy atom. The molecule has 7 N–H and O–H groups in total. The summed E-state index contributed by atoms with van der Waals surface area (Å²) >= 11 is 6.49. The van der Waals surface area contributed by atoms with Crippen LogP contribution in [-0.4, -0.2) is 63.6 Å². The highest BCUT2D eigenvalue weighted by molar-refractivity contribution is 6.33. The van der Waals surface area contributed by atoms with Crippen LogP contribution in [0.15, 0.2) is 36.4 Å². The van der Waals surface area contributed by atoms with Gasteiger partial charge in [-0.1, -0.05) is 62.7 Å². The van der Waals surface area contributed by atoms with E-state index in [-0.39, 0.29) is 11.3 Å². The molecule has 1 heterocycles. The minimum absolute atomic E-state index is 0.0622. The molecular weight excluding hydrogens is 514 g/mol. The number of anilines is 1. The van der Waals surface area contributed by atoms with E-state index in [4.69, 9.17) is 32.0 Å². The highest BCUT2D eigenvalue weighted by Gasteiger charge is 2.29. The maximum Gasteiger partial charge on any atom is 0.335 e. The lowest BCUT2D eigenvalue weighted by molar-refractivity contribution is -0.165. The third-order valence-corrected chi connectivity index (χ3v) is 6.23. The van der Waals surface area contributed by atoms with Crippen molar-refractivity contribution in [2.75, 3.05) is 18.4 Å². The number of aliphatic hydroxyl groups excluding tert-OH is 2. The first-order chi connectivity index (χ1) is 17.8. The number of rotatable bonds is 8. The Hall–Kier alpha value is -3.18. The third kappa shape index (κ3) is 9.29. The van der Waals surface area contributed by atoms with Crippen molar-refractivity contribution < 1.29 is 34.8 Å². The summed E-state index contributed by atoms with van der Waals surface area (Å²) in [5.74, 6) is -3.48. The van der Waals surface area contributed by atoms with Gasteiger partial charge in [0.05, 0.1) is 10.7 Å². The molecular formula is C27H36ClN3O7. The van der Waals surface area contributed by atoms with Crippen LogP contribution in [0.3, 0.4) is 0 Å². The smallest absolute Gasteiger partial charge is 0.335 e. The molecule has 1 amide bonds. The van der Waals surface area contributed by atoms with E-state index in [1.807, 2.05) is 26.8 Å². The van der Waals surface area contributed by atoms with Crippen molar-refractivity contribution in [2.24, 2.45) is 5.41 Å². The number of aliphatic hydroxyl groups is 2. The van der Waals surface area contributed by atoms with Gasteiger partial charge in [0.1, 0.15) is 0 Å².